The number of nitrogens with two attached hydrogens (primary N) is 1. The van der Waals surface area contributed by atoms with Crippen molar-refractivity contribution in [1.29, 1.82) is 0 Å². The summed E-state index contributed by atoms with van der Waals surface area (Å²) in [5.41, 5.74) is 9.05. The first-order valence-corrected chi connectivity index (χ1v) is 32.7. The maximum atomic E-state index is 14.8. The minimum Gasteiger partial charge on any atom is -0.480 e. The molecule has 0 unspecified atom stereocenters. The van der Waals surface area contributed by atoms with Crippen LogP contribution >= 0.6 is 0 Å². The number of aliphatic hydroxyl groups is 2. The lowest BCUT2D eigenvalue weighted by Crippen LogP contribution is -2.61. The van der Waals surface area contributed by atoms with Crippen LogP contribution in [0.25, 0.3) is 0 Å². The highest BCUT2D eigenvalue weighted by molar-refractivity contribution is 6.39. The smallest absolute Gasteiger partial charge is 0.407 e. The van der Waals surface area contributed by atoms with E-state index in [4.69, 9.17) is 43.6 Å². The zero-order valence-corrected chi connectivity index (χ0v) is 55.8. The molecule has 4 fully saturated rings. The normalized spacial score (nSPS) is 34.5. The molecule has 5 heterocycles. The third kappa shape index (κ3) is 20.2. The second-order valence-corrected chi connectivity index (χ2v) is 25.6. The number of nitrogens with one attached hydrogen (secondary N) is 1. The Kier molecular flexibility index (Phi) is 29.4. The van der Waals surface area contributed by atoms with Gasteiger partial charge in [0.25, 0.3) is 11.7 Å². The van der Waals surface area contributed by atoms with Gasteiger partial charge in [0.15, 0.2) is 5.78 Å². The van der Waals surface area contributed by atoms with Gasteiger partial charge in [-0.15, -0.1) is 0 Å². The maximum Gasteiger partial charge on any atom is 0.407 e. The summed E-state index contributed by atoms with van der Waals surface area (Å²) >= 11 is 0. The van der Waals surface area contributed by atoms with E-state index < -0.39 is 120 Å². The number of aromatic nitrogens is 2. The van der Waals surface area contributed by atoms with Crippen LogP contribution in [-0.2, 0) is 73.2 Å². The van der Waals surface area contributed by atoms with E-state index >= 15 is 0 Å². The van der Waals surface area contributed by atoms with Crippen molar-refractivity contribution in [2.45, 2.75) is 211 Å². The average Bonchev–Trinajstić information content (AvgIpc) is 0.808. The van der Waals surface area contributed by atoms with Crippen LogP contribution in [0.3, 0.4) is 0 Å². The highest BCUT2D eigenvalue weighted by atomic mass is 16.6. The number of Topliss-reactive ketones (excluding diaryl/α,β-unsaturated/α-hetero) is 2. The molecule has 92 heavy (non-hydrogen) atoms. The molecule has 2 bridgehead atoms. The van der Waals surface area contributed by atoms with Crippen molar-refractivity contribution < 1.29 is 86.8 Å². The summed E-state index contributed by atoms with van der Waals surface area (Å²) in [5, 5.41) is 36.6. The summed E-state index contributed by atoms with van der Waals surface area (Å²) in [4.78, 5) is 109. The molecule has 1 aliphatic carbocycles. The second kappa shape index (κ2) is 36.0. The van der Waals surface area contributed by atoms with Gasteiger partial charge in [0.2, 0.25) is 17.6 Å². The molecule has 1 saturated carbocycles. The van der Waals surface area contributed by atoms with Gasteiger partial charge in [-0.1, -0.05) is 64.2 Å². The summed E-state index contributed by atoms with van der Waals surface area (Å²) in [6.07, 6.45) is 11.9. The summed E-state index contributed by atoms with van der Waals surface area (Å²) in [6, 6.07) is -3.13. The van der Waals surface area contributed by atoms with E-state index in [1.54, 1.807) is 31.9 Å². The Morgan fingerprint density at radius 3 is 2.24 bits per heavy atom. The standard InChI is InChI=1S/C67H103N7O18/c1-12-89-29-25-57(75)73-28-27-72(39-51(73)63(80)81)65-69-36-47(37-70-65)38-71-66(83)91-52-24-22-46(33-56(52)87-10)32-49(68)55-35-54(86-9)42(4)31-44(6)59(77)60(88-11)58(76)43(5)30-40(2)18-14-13-15-19-41(3)53(85-8)34-48-23-21-45(7)67(84,92-48)61(78)62(79)74-26-17-16-20-50(74)64(82)90-55/h13-15,18-19,31,36-37,40,42-43,45-46,48-56,59-60,77,84H,12,16-17,20-30,32-35,38-39,68H2,1-11H3,(H,71,83)(H,80,81)/b15-13+,18-14+,41-19+,44-31+/t40-,42-,43-,45-,46+,48+,49-,50+,51-,52-,53+,54-,55+,56-,59-,60+,67-/m1/s1. The lowest BCUT2D eigenvalue weighted by Gasteiger charge is -2.43. The number of aliphatic carboxylic acids is 1. The summed E-state index contributed by atoms with van der Waals surface area (Å²) in [5.74, 6) is -8.69. The van der Waals surface area contributed by atoms with Crippen molar-refractivity contribution in [3.63, 3.8) is 0 Å². The number of allylic oxidation sites excluding steroid dienone is 5. The molecule has 0 spiro atoms. The number of amides is 3. The zero-order chi connectivity index (χ0) is 67.4. The highest BCUT2D eigenvalue weighted by Crippen LogP contribution is 2.38. The number of ether oxygens (including phenoxy) is 8. The van der Waals surface area contributed by atoms with Crippen molar-refractivity contribution in [2.75, 3.05) is 72.7 Å². The van der Waals surface area contributed by atoms with Crippen molar-refractivity contribution in [1.82, 2.24) is 25.1 Å². The number of cyclic esters (lactones) is 1. The van der Waals surface area contributed by atoms with Crippen LogP contribution in [0.4, 0.5) is 10.7 Å². The van der Waals surface area contributed by atoms with E-state index in [-0.39, 0.29) is 87.9 Å². The number of piperidine rings is 1. The van der Waals surface area contributed by atoms with Crippen LogP contribution in [-0.4, -0.2) is 217 Å². The number of nitrogens with zero attached hydrogens (tertiary/aromatic N) is 5. The highest BCUT2D eigenvalue weighted by Gasteiger charge is 2.53. The number of carboxylic acid groups (broad SMARTS) is 1. The zero-order valence-electron chi connectivity index (χ0n) is 55.8. The van der Waals surface area contributed by atoms with Gasteiger partial charge in [-0.25, -0.2) is 24.4 Å². The SMILES string of the molecule is CCOCCC(=O)N1CCN(c2ncc(CNC(=O)O[C@@H]3CC[C@@H](C[C@@H](N)[C@@H]4C[C@@H](OC)[C@H](C)/C=C(\C)[C@@H](O)[C@@H](OC)C(=O)[C@H](C)C[C@H](C)/C=C/C=C/C=C(\C)[C@@H](OC)C[C@@H]5CC[C@@H](C)[C@@](O)(O5)C(=O)C(=O)N5CCCC[C@H]5C(=O)O4)C[C@H]3OC)cn2)C[C@@H]1C(=O)O. The van der Waals surface area contributed by atoms with E-state index in [1.807, 2.05) is 65.0 Å². The molecule has 1 aromatic heterocycles. The van der Waals surface area contributed by atoms with Crippen LogP contribution in [0.5, 0.6) is 0 Å². The first kappa shape index (κ1) is 75.0. The molecule has 514 valence electrons. The average molecular weight is 1290 g/mol. The predicted octanol–water partition coefficient (Wildman–Crippen LogP) is 5.57. The number of hydrogen-bond donors (Lipinski definition) is 5. The number of carbonyl (C=O) groups excluding carboxylic acids is 6. The lowest BCUT2D eigenvalue weighted by atomic mass is 9.80. The van der Waals surface area contributed by atoms with Gasteiger partial charge in [0, 0.05) is 116 Å². The third-order valence-corrected chi connectivity index (χ3v) is 19.0. The molecule has 3 amide bonds. The van der Waals surface area contributed by atoms with Crippen molar-refractivity contribution in [2.24, 2.45) is 35.3 Å². The molecular formula is C67H103N7O18. The molecule has 25 nitrogen and oxygen atoms in total. The van der Waals surface area contributed by atoms with E-state index in [1.165, 1.54) is 43.5 Å². The molecule has 6 N–H and O–H groups in total. The van der Waals surface area contributed by atoms with Crippen LogP contribution in [0.15, 0.2) is 60.0 Å². The number of anilines is 1. The summed E-state index contributed by atoms with van der Waals surface area (Å²) < 4.78 is 47.5. The first-order valence-electron chi connectivity index (χ1n) is 32.7. The second-order valence-electron chi connectivity index (χ2n) is 25.6. The number of esters is 1. The number of hydrogen-bond acceptors (Lipinski definition) is 21. The molecule has 5 aliphatic rings. The van der Waals surface area contributed by atoms with Gasteiger partial charge in [0.1, 0.15) is 36.5 Å². The number of aliphatic hydroxyl groups excluding tert-OH is 1. The van der Waals surface area contributed by atoms with Crippen LogP contribution in [0.1, 0.15) is 138 Å². The fourth-order valence-electron chi connectivity index (χ4n) is 13.3. The molecule has 3 saturated heterocycles. The Balaban J connectivity index is 1.17. The number of alkyl carbamates (subject to hydrolysis) is 1. The lowest BCUT2D eigenvalue weighted by molar-refractivity contribution is -0.265. The Labute approximate surface area is 542 Å². The Morgan fingerprint density at radius 1 is 0.837 bits per heavy atom. The number of piperazine rings is 1. The Bertz CT molecular complexity index is 2750. The van der Waals surface area contributed by atoms with E-state index in [0.29, 0.717) is 82.1 Å². The minimum atomic E-state index is -2.48. The quantitative estimate of drug-likeness (QED) is 0.0584. The number of rotatable bonds is 16. The number of methoxy groups -OCH3 is 4. The van der Waals surface area contributed by atoms with Gasteiger partial charge < -0.3 is 79.0 Å². The minimum absolute atomic E-state index is 0.00391. The first-order chi connectivity index (χ1) is 43.9. The number of fused-ring (bicyclic) bond motifs is 3. The van der Waals surface area contributed by atoms with Gasteiger partial charge in [-0.2, -0.15) is 0 Å². The summed E-state index contributed by atoms with van der Waals surface area (Å²) in [7, 11) is 6.00. The topological polar surface area (TPSA) is 328 Å². The largest absolute Gasteiger partial charge is 0.480 e. The molecule has 25 heteroatoms. The molecule has 4 aliphatic heterocycles. The van der Waals surface area contributed by atoms with Gasteiger partial charge in [0.05, 0.1) is 44.0 Å². The van der Waals surface area contributed by atoms with Crippen molar-refractivity contribution in [3.8, 4) is 0 Å². The Morgan fingerprint density at radius 2 is 1.57 bits per heavy atom. The van der Waals surface area contributed by atoms with Crippen molar-refractivity contribution in [3.05, 3.63) is 65.6 Å². The van der Waals surface area contributed by atoms with Gasteiger partial charge >= 0.3 is 18.0 Å². The van der Waals surface area contributed by atoms with Crippen LogP contribution in [0.2, 0.25) is 0 Å². The fraction of sp³-hybridized carbons (Fsp3) is 0.716. The van der Waals surface area contributed by atoms with Gasteiger partial charge in [-0.05, 0) is 108 Å². The Hall–Kier alpha value is -6.03. The molecule has 0 radical (unpaired) electrons. The van der Waals surface area contributed by atoms with Gasteiger partial charge in [-0.3, -0.25) is 19.2 Å². The number of carbonyl (C=O) groups is 7. The van der Waals surface area contributed by atoms with E-state index in [2.05, 4.69) is 15.3 Å². The molecule has 17 atom stereocenters. The van der Waals surface area contributed by atoms with E-state index in [9.17, 15) is 48.9 Å². The monoisotopic (exact) mass is 1290 g/mol. The predicted molar refractivity (Wildman–Crippen MR) is 339 cm³/mol. The van der Waals surface area contributed by atoms with Crippen molar-refractivity contribution >= 4 is 47.4 Å². The molecule has 0 aromatic carbocycles. The van der Waals surface area contributed by atoms with Crippen LogP contribution < -0.4 is 16.0 Å². The molecule has 1 aromatic rings. The van der Waals surface area contributed by atoms with E-state index in [0.717, 1.165) is 5.57 Å². The van der Waals surface area contributed by atoms with Crippen LogP contribution in [0, 0.1) is 29.6 Å². The third-order valence-electron chi connectivity index (χ3n) is 19.0. The maximum absolute atomic E-state index is 14.8. The molecule has 6 rings (SSSR count). The number of carboxylic acids is 1. The number of ketones is 2. The molecular weight excluding hydrogens is 1190 g/mol. The fourth-order valence-corrected chi connectivity index (χ4v) is 13.3. The summed E-state index contributed by atoms with van der Waals surface area (Å²) in [6.45, 7) is 14.0.